The third kappa shape index (κ3) is 3.29. The smallest absolute Gasteiger partial charge is 0.261 e. The zero-order chi connectivity index (χ0) is 15.5. The van der Waals surface area contributed by atoms with E-state index in [4.69, 9.17) is 4.74 Å². The van der Waals surface area contributed by atoms with Crippen LogP contribution in [0.1, 0.15) is 51.5 Å². The van der Waals surface area contributed by atoms with Crippen LogP contribution in [0.2, 0.25) is 0 Å². The monoisotopic (exact) mass is 301 g/mol. The number of aryl methyl sites for hydroxylation is 1. The summed E-state index contributed by atoms with van der Waals surface area (Å²) in [6.07, 6.45) is 6.44. The number of carbonyl (C=O) groups is 1. The quantitative estimate of drug-likeness (QED) is 0.870. The Hall–Kier alpha value is -1.51. The largest absolute Gasteiger partial charge is 0.481 e. The average molecular weight is 301 g/mol. The molecule has 3 rings (SSSR count). The molecule has 0 heterocycles. The molecule has 1 aromatic rings. The van der Waals surface area contributed by atoms with Gasteiger partial charge in [-0.3, -0.25) is 4.79 Å². The normalized spacial score (nSPS) is 27.6. The highest BCUT2D eigenvalue weighted by atomic mass is 16.5. The fraction of sp³-hybridized carbons (Fsp3) is 0.632. The van der Waals surface area contributed by atoms with Crippen LogP contribution in [-0.2, 0) is 11.2 Å². The van der Waals surface area contributed by atoms with Gasteiger partial charge in [0.2, 0.25) is 0 Å². The molecule has 2 aliphatic rings. The van der Waals surface area contributed by atoms with Crippen molar-refractivity contribution in [3.05, 3.63) is 29.8 Å². The molecule has 2 aliphatic carbocycles. The summed E-state index contributed by atoms with van der Waals surface area (Å²) in [6.45, 7) is 4.14. The Balaban J connectivity index is 1.56. The molecule has 3 nitrogen and oxygen atoms in total. The lowest BCUT2D eigenvalue weighted by molar-refractivity contribution is -0.129. The molecule has 1 aromatic carbocycles. The van der Waals surface area contributed by atoms with Crippen molar-refractivity contribution >= 4 is 5.91 Å². The van der Waals surface area contributed by atoms with E-state index >= 15 is 0 Å². The summed E-state index contributed by atoms with van der Waals surface area (Å²) < 4.78 is 5.90. The van der Waals surface area contributed by atoms with Crippen molar-refractivity contribution in [1.82, 2.24) is 5.32 Å². The van der Waals surface area contributed by atoms with Crippen molar-refractivity contribution < 1.29 is 9.53 Å². The summed E-state index contributed by atoms with van der Waals surface area (Å²) >= 11 is 0. The molecule has 120 valence electrons. The van der Waals surface area contributed by atoms with Gasteiger partial charge in [-0.15, -0.1) is 0 Å². The van der Waals surface area contributed by atoms with Crippen molar-refractivity contribution in [3.8, 4) is 5.75 Å². The molecule has 4 unspecified atom stereocenters. The lowest BCUT2D eigenvalue weighted by atomic mass is 9.95. The van der Waals surface area contributed by atoms with Crippen LogP contribution in [0.3, 0.4) is 0 Å². The number of hydrogen-bond acceptors (Lipinski definition) is 2. The summed E-state index contributed by atoms with van der Waals surface area (Å²) in [5.74, 6) is 2.39. The number of fused-ring (bicyclic) bond motifs is 2. The lowest BCUT2D eigenvalue weighted by Gasteiger charge is -2.25. The molecule has 2 fully saturated rings. The number of carbonyl (C=O) groups excluding carboxylic acids is 1. The number of ether oxygens (including phenoxy) is 1. The van der Waals surface area contributed by atoms with Crippen LogP contribution in [0.5, 0.6) is 5.75 Å². The maximum atomic E-state index is 12.5. The third-order valence-electron chi connectivity index (χ3n) is 5.34. The van der Waals surface area contributed by atoms with Gasteiger partial charge >= 0.3 is 0 Å². The van der Waals surface area contributed by atoms with Crippen molar-refractivity contribution in [3.63, 3.8) is 0 Å². The molecule has 0 spiro atoms. The first-order valence-corrected chi connectivity index (χ1v) is 8.75. The molecule has 0 saturated heterocycles. The second kappa shape index (κ2) is 6.72. The van der Waals surface area contributed by atoms with Crippen LogP contribution in [0.25, 0.3) is 0 Å². The van der Waals surface area contributed by atoms with E-state index in [1.54, 1.807) is 0 Å². The highest BCUT2D eigenvalue weighted by Gasteiger charge is 2.40. The molecule has 0 radical (unpaired) electrons. The Bertz CT molecular complexity index is 511. The van der Waals surface area contributed by atoms with E-state index in [0.717, 1.165) is 24.5 Å². The van der Waals surface area contributed by atoms with Crippen molar-refractivity contribution in [1.29, 1.82) is 0 Å². The molecule has 0 aromatic heterocycles. The summed E-state index contributed by atoms with van der Waals surface area (Å²) in [4.78, 5) is 12.5. The molecule has 1 N–H and O–H groups in total. The van der Waals surface area contributed by atoms with E-state index < -0.39 is 0 Å². The van der Waals surface area contributed by atoms with Gasteiger partial charge in [0.25, 0.3) is 5.91 Å². The fourth-order valence-corrected chi connectivity index (χ4v) is 3.99. The van der Waals surface area contributed by atoms with Crippen LogP contribution in [-0.4, -0.2) is 18.1 Å². The molecule has 22 heavy (non-hydrogen) atoms. The van der Waals surface area contributed by atoms with E-state index in [1.165, 1.54) is 24.8 Å². The first kappa shape index (κ1) is 15.4. The Kier molecular flexibility index (Phi) is 4.70. The van der Waals surface area contributed by atoms with Crippen molar-refractivity contribution in [2.45, 2.75) is 64.5 Å². The Labute approximate surface area is 133 Å². The summed E-state index contributed by atoms with van der Waals surface area (Å²) in [7, 11) is 0. The number of benzene rings is 1. The Morgan fingerprint density at radius 1 is 1.23 bits per heavy atom. The van der Waals surface area contributed by atoms with Gasteiger partial charge < -0.3 is 10.1 Å². The van der Waals surface area contributed by atoms with Gasteiger partial charge in [0.05, 0.1) is 0 Å². The highest BCUT2D eigenvalue weighted by Crippen LogP contribution is 2.44. The topological polar surface area (TPSA) is 38.3 Å². The molecule has 0 aliphatic heterocycles. The number of rotatable bonds is 6. The average Bonchev–Trinajstić information content (AvgIpc) is 3.15. The highest BCUT2D eigenvalue weighted by molar-refractivity contribution is 5.81. The van der Waals surface area contributed by atoms with Gasteiger partial charge in [0.1, 0.15) is 5.75 Å². The number of nitrogens with one attached hydrogen (secondary N) is 1. The fourth-order valence-electron chi connectivity index (χ4n) is 3.99. The predicted molar refractivity (Wildman–Crippen MR) is 87.9 cm³/mol. The van der Waals surface area contributed by atoms with Gasteiger partial charge in [-0.25, -0.2) is 0 Å². The molecule has 3 heteroatoms. The van der Waals surface area contributed by atoms with E-state index in [0.29, 0.717) is 18.4 Å². The summed E-state index contributed by atoms with van der Waals surface area (Å²) in [5.41, 5.74) is 1.28. The molecule has 2 bridgehead atoms. The number of hydrogen-bond donors (Lipinski definition) is 1. The van der Waals surface area contributed by atoms with Crippen molar-refractivity contribution in [2.75, 3.05) is 0 Å². The van der Waals surface area contributed by atoms with E-state index in [9.17, 15) is 4.79 Å². The first-order chi connectivity index (χ1) is 10.7. The Morgan fingerprint density at radius 2 is 2.00 bits per heavy atom. The van der Waals surface area contributed by atoms with Gasteiger partial charge in [-0.05, 0) is 61.6 Å². The number of amides is 1. The van der Waals surface area contributed by atoms with Crippen LogP contribution >= 0.6 is 0 Å². The summed E-state index contributed by atoms with van der Waals surface area (Å²) in [6, 6.07) is 8.44. The van der Waals surface area contributed by atoms with E-state index in [-0.39, 0.29) is 12.0 Å². The molecular weight excluding hydrogens is 274 g/mol. The third-order valence-corrected chi connectivity index (χ3v) is 5.34. The maximum absolute atomic E-state index is 12.5. The lowest BCUT2D eigenvalue weighted by Crippen LogP contribution is -2.45. The van der Waals surface area contributed by atoms with Crippen LogP contribution in [0, 0.1) is 11.8 Å². The van der Waals surface area contributed by atoms with E-state index in [1.807, 2.05) is 19.1 Å². The van der Waals surface area contributed by atoms with Crippen molar-refractivity contribution in [2.24, 2.45) is 11.8 Å². The standard InChI is InChI=1S/C19H27NO2/c1-3-13-6-9-16(10-7-13)22-18(4-2)19(21)20-17-12-14-5-8-15(17)11-14/h6-7,9-10,14-15,17-18H,3-5,8,11-12H2,1-2H3,(H,20,21). The van der Waals surface area contributed by atoms with Gasteiger partial charge in [0, 0.05) is 6.04 Å². The maximum Gasteiger partial charge on any atom is 0.261 e. The van der Waals surface area contributed by atoms with Crippen LogP contribution in [0.15, 0.2) is 24.3 Å². The second-order valence-corrected chi connectivity index (χ2v) is 6.80. The first-order valence-electron chi connectivity index (χ1n) is 8.75. The molecule has 4 atom stereocenters. The second-order valence-electron chi connectivity index (χ2n) is 6.80. The van der Waals surface area contributed by atoms with Gasteiger partial charge in [-0.1, -0.05) is 32.4 Å². The molecule has 2 saturated carbocycles. The molecular formula is C19H27NO2. The Morgan fingerprint density at radius 3 is 2.55 bits per heavy atom. The predicted octanol–water partition coefficient (Wildman–Crippen LogP) is 3.71. The minimum atomic E-state index is -0.383. The van der Waals surface area contributed by atoms with Gasteiger partial charge in [-0.2, -0.15) is 0 Å². The zero-order valence-corrected chi connectivity index (χ0v) is 13.7. The molecule has 1 amide bonds. The minimum Gasteiger partial charge on any atom is -0.481 e. The van der Waals surface area contributed by atoms with Gasteiger partial charge in [0.15, 0.2) is 6.10 Å². The van der Waals surface area contributed by atoms with Crippen LogP contribution < -0.4 is 10.1 Å². The van der Waals surface area contributed by atoms with Crippen LogP contribution in [0.4, 0.5) is 0 Å². The summed E-state index contributed by atoms with van der Waals surface area (Å²) in [5, 5.41) is 3.24. The SMILES string of the molecule is CCc1ccc(OC(CC)C(=O)NC2CC3CCC2C3)cc1. The minimum absolute atomic E-state index is 0.0552. The zero-order valence-electron chi connectivity index (χ0n) is 13.7. The van der Waals surface area contributed by atoms with E-state index in [2.05, 4.69) is 24.4 Å².